The van der Waals surface area contributed by atoms with Gasteiger partial charge >= 0.3 is 0 Å². The van der Waals surface area contributed by atoms with Crippen molar-refractivity contribution in [2.45, 2.75) is 11.9 Å². The number of pyridine rings is 1. The predicted octanol–water partition coefficient (Wildman–Crippen LogP) is 1.68. The zero-order valence-corrected chi connectivity index (χ0v) is 11.2. The molecule has 2 rings (SSSR count). The number of aromatic amines is 1. The van der Waals surface area contributed by atoms with Crippen molar-refractivity contribution in [2.24, 2.45) is 0 Å². The molecule has 0 bridgehead atoms. The van der Waals surface area contributed by atoms with E-state index in [-0.39, 0.29) is 10.8 Å². The minimum atomic E-state index is -3.65. The Kier molecular flexibility index (Phi) is 3.16. The number of rotatable bonds is 3. The summed E-state index contributed by atoms with van der Waals surface area (Å²) in [4.78, 5) is 10.3. The fourth-order valence-corrected chi connectivity index (χ4v) is 2.31. The second-order valence-corrected chi connectivity index (χ2v) is 5.79. The van der Waals surface area contributed by atoms with Crippen LogP contribution < -0.4 is 4.72 Å². The van der Waals surface area contributed by atoms with Crippen LogP contribution in [0.1, 0.15) is 5.69 Å². The zero-order valence-electron chi connectivity index (χ0n) is 8.81. The Hall–Kier alpha value is -1.41. The van der Waals surface area contributed by atoms with Crippen LogP contribution in [-0.2, 0) is 10.0 Å². The van der Waals surface area contributed by atoms with Gasteiger partial charge in [0.15, 0.2) is 5.03 Å². The molecule has 0 atom stereocenters. The summed E-state index contributed by atoms with van der Waals surface area (Å²) >= 11 is 3.29. The Bertz CT molecular complexity index is 624. The molecule has 90 valence electrons. The number of aromatic nitrogens is 3. The molecule has 6 nitrogen and oxygen atoms in total. The number of anilines is 1. The normalized spacial score (nSPS) is 11.4. The topological polar surface area (TPSA) is 87.7 Å². The van der Waals surface area contributed by atoms with Gasteiger partial charge in [-0.15, -0.1) is 0 Å². The van der Waals surface area contributed by atoms with E-state index in [4.69, 9.17) is 0 Å². The van der Waals surface area contributed by atoms with Crippen LogP contribution in [0.5, 0.6) is 0 Å². The Balaban J connectivity index is 2.30. The molecule has 2 N–H and O–H groups in total. The second kappa shape index (κ2) is 4.46. The molecular weight excluding hydrogens is 308 g/mol. The molecule has 8 heteroatoms. The molecule has 2 aromatic heterocycles. The smallest absolute Gasteiger partial charge is 0.280 e. The number of aryl methyl sites for hydroxylation is 1. The van der Waals surface area contributed by atoms with Crippen LogP contribution in [0.15, 0.2) is 34.2 Å². The summed E-state index contributed by atoms with van der Waals surface area (Å²) in [7, 11) is -3.65. The summed E-state index contributed by atoms with van der Waals surface area (Å²) in [5, 5.41) is -0.000119. The van der Waals surface area contributed by atoms with E-state index in [1.165, 1.54) is 12.5 Å². The molecular formula is C9H9BrN4O2S. The van der Waals surface area contributed by atoms with Gasteiger partial charge in [0.25, 0.3) is 10.0 Å². The first kappa shape index (κ1) is 12.1. The zero-order chi connectivity index (χ0) is 12.5. The summed E-state index contributed by atoms with van der Waals surface area (Å²) in [6.07, 6.45) is 2.53. The maximum Gasteiger partial charge on any atom is 0.280 e. The van der Waals surface area contributed by atoms with E-state index in [2.05, 4.69) is 35.6 Å². The number of nitrogens with zero attached hydrogens (tertiary/aromatic N) is 2. The molecule has 0 unspecified atom stereocenters. The summed E-state index contributed by atoms with van der Waals surface area (Å²) in [6, 6.07) is 3.30. The average Bonchev–Trinajstić information content (AvgIpc) is 2.77. The van der Waals surface area contributed by atoms with E-state index in [0.717, 1.165) is 4.47 Å². The van der Waals surface area contributed by atoms with Crippen molar-refractivity contribution in [3.8, 4) is 0 Å². The van der Waals surface area contributed by atoms with Gasteiger partial charge in [0, 0.05) is 4.47 Å². The minimum absolute atomic E-state index is 0.000119. The third kappa shape index (κ3) is 2.64. The van der Waals surface area contributed by atoms with Crippen molar-refractivity contribution in [3.05, 3.63) is 34.8 Å². The van der Waals surface area contributed by atoms with Gasteiger partial charge in [-0.2, -0.15) is 8.42 Å². The predicted molar refractivity (Wildman–Crippen MR) is 66.1 cm³/mol. The standard InChI is InChI=1S/C9H9BrN4O2S/c1-6-7(10)2-3-8(13-6)14-17(15,16)9-4-11-5-12-9/h2-5H,1H3,(H,11,12)(H,13,14). The number of halogens is 1. The van der Waals surface area contributed by atoms with Crippen LogP contribution in [0, 0.1) is 6.92 Å². The average molecular weight is 317 g/mol. The molecule has 0 spiro atoms. The van der Waals surface area contributed by atoms with Gasteiger partial charge in [-0.25, -0.2) is 9.97 Å². The first-order valence-corrected chi connectivity index (χ1v) is 6.91. The van der Waals surface area contributed by atoms with Gasteiger partial charge in [0.1, 0.15) is 5.82 Å². The summed E-state index contributed by atoms with van der Waals surface area (Å²) in [6.45, 7) is 1.78. The second-order valence-electron chi connectivity index (χ2n) is 3.29. The molecule has 0 amide bonds. The lowest BCUT2D eigenvalue weighted by molar-refractivity contribution is 0.598. The third-order valence-corrected chi connectivity index (χ3v) is 4.14. The first-order chi connectivity index (χ1) is 7.99. The first-order valence-electron chi connectivity index (χ1n) is 4.63. The van der Waals surface area contributed by atoms with E-state index < -0.39 is 10.0 Å². The highest BCUT2D eigenvalue weighted by Crippen LogP contribution is 2.18. The van der Waals surface area contributed by atoms with Crippen molar-refractivity contribution >= 4 is 31.8 Å². The van der Waals surface area contributed by atoms with Gasteiger partial charge < -0.3 is 4.98 Å². The summed E-state index contributed by atoms with van der Waals surface area (Å²) in [5.41, 5.74) is 0.704. The molecule has 0 aromatic carbocycles. The number of H-pyrrole nitrogens is 1. The molecule has 0 saturated heterocycles. The van der Waals surface area contributed by atoms with Gasteiger partial charge in [-0.05, 0) is 35.0 Å². The molecule has 0 aliphatic rings. The largest absolute Gasteiger partial charge is 0.334 e. The molecule has 2 aromatic rings. The highest BCUT2D eigenvalue weighted by atomic mass is 79.9. The van der Waals surface area contributed by atoms with Crippen molar-refractivity contribution in [1.29, 1.82) is 0 Å². The molecule has 0 fully saturated rings. The van der Waals surface area contributed by atoms with Gasteiger partial charge in [-0.1, -0.05) is 0 Å². The van der Waals surface area contributed by atoms with Crippen LogP contribution in [-0.4, -0.2) is 23.4 Å². The number of nitrogens with one attached hydrogen (secondary N) is 2. The lowest BCUT2D eigenvalue weighted by Gasteiger charge is -2.06. The molecule has 0 aliphatic heterocycles. The number of hydrogen-bond donors (Lipinski definition) is 2. The van der Waals surface area contributed by atoms with E-state index in [1.54, 1.807) is 19.1 Å². The molecule has 0 saturated carbocycles. The van der Waals surface area contributed by atoms with Gasteiger partial charge in [-0.3, -0.25) is 4.72 Å². The maximum atomic E-state index is 11.8. The fourth-order valence-electron chi connectivity index (χ4n) is 1.18. The minimum Gasteiger partial charge on any atom is -0.334 e. The van der Waals surface area contributed by atoms with Crippen LogP contribution in [0.25, 0.3) is 0 Å². The van der Waals surface area contributed by atoms with E-state index in [0.29, 0.717) is 5.69 Å². The number of hydrogen-bond acceptors (Lipinski definition) is 4. The number of sulfonamides is 1. The van der Waals surface area contributed by atoms with Crippen LogP contribution in [0.4, 0.5) is 5.82 Å². The van der Waals surface area contributed by atoms with E-state index in [9.17, 15) is 8.42 Å². The highest BCUT2D eigenvalue weighted by molar-refractivity contribution is 9.10. The van der Waals surface area contributed by atoms with Crippen LogP contribution in [0.3, 0.4) is 0 Å². The van der Waals surface area contributed by atoms with Crippen molar-refractivity contribution in [2.75, 3.05) is 4.72 Å². The van der Waals surface area contributed by atoms with Crippen molar-refractivity contribution in [3.63, 3.8) is 0 Å². The highest BCUT2D eigenvalue weighted by Gasteiger charge is 2.16. The maximum absolute atomic E-state index is 11.8. The summed E-state index contributed by atoms with van der Waals surface area (Å²) in [5.74, 6) is 0.264. The van der Waals surface area contributed by atoms with E-state index in [1.807, 2.05) is 0 Å². The van der Waals surface area contributed by atoms with Gasteiger partial charge in [0.05, 0.1) is 18.2 Å². The Morgan fingerprint density at radius 3 is 2.76 bits per heavy atom. The quantitative estimate of drug-likeness (QED) is 0.901. The molecule has 17 heavy (non-hydrogen) atoms. The third-order valence-electron chi connectivity index (χ3n) is 2.02. The Labute approximate surface area is 107 Å². The van der Waals surface area contributed by atoms with Crippen LogP contribution >= 0.6 is 15.9 Å². The van der Waals surface area contributed by atoms with Crippen LogP contribution in [0.2, 0.25) is 0 Å². The van der Waals surface area contributed by atoms with Crippen molar-refractivity contribution in [1.82, 2.24) is 15.0 Å². The van der Waals surface area contributed by atoms with Crippen molar-refractivity contribution < 1.29 is 8.42 Å². The molecule has 0 aliphatic carbocycles. The lowest BCUT2D eigenvalue weighted by Crippen LogP contribution is -2.14. The molecule has 0 radical (unpaired) electrons. The Morgan fingerprint density at radius 1 is 1.41 bits per heavy atom. The van der Waals surface area contributed by atoms with Gasteiger partial charge in [0.2, 0.25) is 0 Å². The lowest BCUT2D eigenvalue weighted by atomic mass is 10.4. The fraction of sp³-hybridized carbons (Fsp3) is 0.111. The Morgan fingerprint density at radius 2 is 2.18 bits per heavy atom. The summed E-state index contributed by atoms with van der Waals surface area (Å²) < 4.78 is 26.8. The molecule has 2 heterocycles. The SMILES string of the molecule is Cc1nc(NS(=O)(=O)c2cnc[nH]2)ccc1Br. The number of imidazole rings is 1. The monoisotopic (exact) mass is 316 g/mol. The van der Waals surface area contributed by atoms with E-state index >= 15 is 0 Å².